The van der Waals surface area contributed by atoms with E-state index in [-0.39, 0.29) is 5.95 Å². The zero-order valence-electron chi connectivity index (χ0n) is 7.64. The highest BCUT2D eigenvalue weighted by Gasteiger charge is 2.00. The van der Waals surface area contributed by atoms with E-state index < -0.39 is 0 Å². The smallest absolute Gasteiger partial charge is 0.260 e. The Morgan fingerprint density at radius 1 is 1.57 bits per heavy atom. The lowest BCUT2D eigenvalue weighted by atomic mass is 10.4. The summed E-state index contributed by atoms with van der Waals surface area (Å²) in [6.45, 7) is 2.74. The number of nitrogen functional groups attached to an aromatic ring is 1. The minimum absolute atomic E-state index is 0.262. The monoisotopic (exact) mass is 210 g/mol. The van der Waals surface area contributed by atoms with Crippen molar-refractivity contribution in [2.45, 2.75) is 13.5 Å². The third-order valence-corrected chi connectivity index (χ3v) is 2.69. The summed E-state index contributed by atoms with van der Waals surface area (Å²) in [6, 6.07) is 4.14. The topological polar surface area (TPSA) is 81.7 Å². The molecule has 0 radical (unpaired) electrons. The highest BCUT2D eigenvalue weighted by atomic mass is 32.1. The van der Waals surface area contributed by atoms with Crippen LogP contribution in [0, 0.1) is 6.92 Å². The quantitative estimate of drug-likeness (QED) is 0.764. The molecule has 0 amide bonds. The maximum absolute atomic E-state index is 5.48. The molecule has 0 aliphatic heterocycles. The third-order valence-electron chi connectivity index (χ3n) is 1.69. The average molecular weight is 210 g/mol. The van der Waals surface area contributed by atoms with Gasteiger partial charge in [-0.05, 0) is 29.5 Å². The van der Waals surface area contributed by atoms with Crippen LogP contribution in [0.1, 0.15) is 9.75 Å². The zero-order chi connectivity index (χ0) is 9.97. The predicted molar refractivity (Wildman–Crippen MR) is 54.4 cm³/mol. The van der Waals surface area contributed by atoms with Crippen LogP contribution >= 0.6 is 11.3 Å². The number of nitrogens with zero attached hydrogens (tertiary/aromatic N) is 4. The van der Waals surface area contributed by atoms with Crippen LogP contribution in [-0.2, 0) is 6.54 Å². The first-order chi connectivity index (χ1) is 6.75. The van der Waals surface area contributed by atoms with Crippen LogP contribution in [0.15, 0.2) is 12.1 Å². The minimum atomic E-state index is 0.262. The van der Waals surface area contributed by atoms with Crippen molar-refractivity contribution >= 4 is 17.3 Å². The lowest BCUT2D eigenvalue weighted by Gasteiger charge is -2.02. The number of aryl methyl sites for hydroxylation is 1. The summed E-state index contributed by atoms with van der Waals surface area (Å²) in [4.78, 5) is 3.86. The molecule has 6 nitrogen and oxygen atoms in total. The number of aromatic nitrogens is 4. The van der Waals surface area contributed by atoms with Crippen molar-refractivity contribution in [2.75, 3.05) is 11.2 Å². The fourth-order valence-electron chi connectivity index (χ4n) is 1.04. The molecule has 0 bridgehead atoms. The largest absolute Gasteiger partial charge is 0.365 e. The summed E-state index contributed by atoms with van der Waals surface area (Å²) in [5, 5.41) is 10.6. The Balaban J connectivity index is 1.98. The van der Waals surface area contributed by atoms with E-state index in [4.69, 9.17) is 5.73 Å². The first-order valence-electron chi connectivity index (χ1n) is 4.09. The molecule has 2 aromatic heterocycles. The van der Waals surface area contributed by atoms with Crippen LogP contribution in [-0.4, -0.2) is 20.3 Å². The van der Waals surface area contributed by atoms with E-state index in [1.54, 1.807) is 11.3 Å². The Labute approximate surface area is 84.7 Å². The summed E-state index contributed by atoms with van der Waals surface area (Å²) < 4.78 is 0. The van der Waals surface area contributed by atoms with E-state index in [0.29, 0.717) is 6.54 Å². The van der Waals surface area contributed by atoms with E-state index in [2.05, 4.69) is 40.0 Å². The van der Waals surface area contributed by atoms with Gasteiger partial charge < -0.3 is 5.73 Å². The number of nitrogens with two attached hydrogens (primary N) is 1. The molecule has 0 aliphatic carbocycles. The fourth-order valence-corrected chi connectivity index (χ4v) is 1.86. The fraction of sp³-hybridized carbons (Fsp3) is 0.286. The Morgan fingerprint density at radius 3 is 3.00 bits per heavy atom. The van der Waals surface area contributed by atoms with Gasteiger partial charge in [-0.2, -0.15) is 0 Å². The van der Waals surface area contributed by atoms with Gasteiger partial charge in [0.2, 0.25) is 0 Å². The van der Waals surface area contributed by atoms with E-state index in [9.17, 15) is 0 Å². The number of hydrogen-bond donors (Lipinski definition) is 2. The number of rotatable bonds is 3. The van der Waals surface area contributed by atoms with Gasteiger partial charge >= 0.3 is 0 Å². The van der Waals surface area contributed by atoms with Crippen molar-refractivity contribution in [1.82, 2.24) is 20.3 Å². The first kappa shape index (κ1) is 8.95. The molecule has 0 atom stereocenters. The van der Waals surface area contributed by atoms with Gasteiger partial charge in [0.15, 0.2) is 0 Å². The maximum atomic E-state index is 5.48. The van der Waals surface area contributed by atoms with Crippen molar-refractivity contribution in [3.8, 4) is 0 Å². The molecule has 2 rings (SSSR count). The Morgan fingerprint density at radius 2 is 2.43 bits per heavy atom. The molecule has 0 aliphatic rings. The molecule has 0 fully saturated rings. The lowest BCUT2D eigenvalue weighted by Crippen LogP contribution is -2.17. The van der Waals surface area contributed by atoms with E-state index in [0.717, 1.165) is 0 Å². The molecule has 2 heterocycles. The minimum Gasteiger partial charge on any atom is -0.365 e. The van der Waals surface area contributed by atoms with Crippen molar-refractivity contribution in [3.05, 3.63) is 21.9 Å². The second-order valence-corrected chi connectivity index (χ2v) is 4.17. The summed E-state index contributed by atoms with van der Waals surface area (Å²) >= 11 is 1.73. The van der Waals surface area contributed by atoms with Crippen LogP contribution in [0.2, 0.25) is 0 Å². The van der Waals surface area contributed by atoms with Gasteiger partial charge in [0.1, 0.15) is 0 Å². The summed E-state index contributed by atoms with van der Waals surface area (Å²) in [5.41, 5.74) is 8.47. The SMILES string of the molecule is Cc1ccc(CNn2nnnc2N)s1. The number of nitrogens with one attached hydrogen (secondary N) is 1. The van der Waals surface area contributed by atoms with E-state index in [1.165, 1.54) is 14.5 Å². The molecular formula is C7H10N6S. The van der Waals surface area contributed by atoms with Gasteiger partial charge in [0.05, 0.1) is 6.54 Å². The van der Waals surface area contributed by atoms with Crippen LogP contribution in [0.4, 0.5) is 5.95 Å². The number of hydrogen-bond acceptors (Lipinski definition) is 6. The van der Waals surface area contributed by atoms with E-state index >= 15 is 0 Å². The predicted octanol–water partition coefficient (Wildman–Crippen LogP) is 0.369. The van der Waals surface area contributed by atoms with Crippen molar-refractivity contribution in [2.24, 2.45) is 0 Å². The van der Waals surface area contributed by atoms with Crippen LogP contribution < -0.4 is 11.2 Å². The molecular weight excluding hydrogens is 200 g/mol. The van der Waals surface area contributed by atoms with Gasteiger partial charge in [0, 0.05) is 9.75 Å². The summed E-state index contributed by atoms with van der Waals surface area (Å²) in [5.74, 6) is 0.262. The van der Waals surface area contributed by atoms with Crippen molar-refractivity contribution < 1.29 is 0 Å². The normalized spacial score (nSPS) is 10.4. The molecule has 0 saturated carbocycles. The molecule has 0 saturated heterocycles. The Hall–Kier alpha value is -1.63. The van der Waals surface area contributed by atoms with Crippen LogP contribution in [0.3, 0.4) is 0 Å². The standard InChI is InChI=1S/C7H10N6S/c1-5-2-3-6(14-5)4-9-13-7(8)10-11-12-13/h2-3,9H,4H2,1H3,(H2,8,10,12). The summed E-state index contributed by atoms with van der Waals surface area (Å²) in [6.07, 6.45) is 0. The summed E-state index contributed by atoms with van der Waals surface area (Å²) in [7, 11) is 0. The second-order valence-electron chi connectivity index (χ2n) is 2.80. The highest BCUT2D eigenvalue weighted by molar-refractivity contribution is 7.11. The Bertz CT molecular complexity index is 419. The number of thiophene rings is 1. The van der Waals surface area contributed by atoms with Gasteiger partial charge in [-0.15, -0.1) is 16.1 Å². The molecule has 14 heavy (non-hydrogen) atoms. The van der Waals surface area contributed by atoms with Crippen LogP contribution in [0.5, 0.6) is 0 Å². The molecule has 7 heteroatoms. The molecule has 0 spiro atoms. The maximum Gasteiger partial charge on any atom is 0.260 e. The molecule has 3 N–H and O–H groups in total. The zero-order valence-corrected chi connectivity index (χ0v) is 8.45. The lowest BCUT2D eigenvalue weighted by molar-refractivity contribution is 0.696. The molecule has 74 valence electrons. The van der Waals surface area contributed by atoms with Gasteiger partial charge in [-0.3, -0.25) is 5.43 Å². The number of anilines is 1. The van der Waals surface area contributed by atoms with Gasteiger partial charge in [0.25, 0.3) is 5.95 Å². The van der Waals surface area contributed by atoms with Gasteiger partial charge in [-0.1, -0.05) is 5.10 Å². The highest BCUT2D eigenvalue weighted by Crippen LogP contribution is 2.14. The third kappa shape index (κ3) is 1.82. The first-order valence-corrected chi connectivity index (χ1v) is 4.90. The van der Waals surface area contributed by atoms with Crippen LogP contribution in [0.25, 0.3) is 0 Å². The number of tetrazole rings is 1. The van der Waals surface area contributed by atoms with Crippen molar-refractivity contribution in [1.29, 1.82) is 0 Å². The van der Waals surface area contributed by atoms with Crippen molar-refractivity contribution in [3.63, 3.8) is 0 Å². The van der Waals surface area contributed by atoms with Gasteiger partial charge in [-0.25, -0.2) is 0 Å². The second kappa shape index (κ2) is 3.62. The molecule has 0 aromatic carbocycles. The molecule has 2 aromatic rings. The average Bonchev–Trinajstić information content (AvgIpc) is 2.72. The van der Waals surface area contributed by atoms with E-state index in [1.807, 2.05) is 0 Å². The Kier molecular flexibility index (Phi) is 2.32. The molecule has 0 unspecified atom stereocenters.